The van der Waals surface area contributed by atoms with Crippen LogP contribution in [0.25, 0.3) is 0 Å². The number of hydrogen-bond donors (Lipinski definition) is 2. The second-order valence-corrected chi connectivity index (χ2v) is 6.91. The van der Waals surface area contributed by atoms with E-state index in [9.17, 15) is 4.79 Å². The molecule has 0 aromatic carbocycles. The maximum absolute atomic E-state index is 11.9. The summed E-state index contributed by atoms with van der Waals surface area (Å²) in [4.78, 5) is 19.8. The van der Waals surface area contributed by atoms with Crippen LogP contribution >= 0.6 is 11.3 Å². The lowest BCUT2D eigenvalue weighted by Gasteiger charge is -2.27. The summed E-state index contributed by atoms with van der Waals surface area (Å²) < 4.78 is 0. The van der Waals surface area contributed by atoms with Gasteiger partial charge in [0.05, 0.1) is 6.54 Å². The molecule has 0 bridgehead atoms. The second kappa shape index (κ2) is 10.1. The van der Waals surface area contributed by atoms with E-state index in [1.54, 1.807) is 11.3 Å². The van der Waals surface area contributed by atoms with Crippen molar-refractivity contribution in [3.63, 3.8) is 0 Å². The fourth-order valence-corrected chi connectivity index (χ4v) is 3.52. The van der Waals surface area contributed by atoms with Crippen LogP contribution in [0.5, 0.6) is 0 Å². The van der Waals surface area contributed by atoms with E-state index in [1.807, 2.05) is 17.0 Å². The third kappa shape index (κ3) is 5.67. The van der Waals surface area contributed by atoms with Gasteiger partial charge in [-0.3, -0.25) is 4.79 Å². The van der Waals surface area contributed by atoms with Crippen LogP contribution in [0.3, 0.4) is 0 Å². The van der Waals surface area contributed by atoms with Crippen molar-refractivity contribution < 1.29 is 4.79 Å². The largest absolute Gasteiger partial charge is 0.356 e. The summed E-state index contributed by atoms with van der Waals surface area (Å²) in [7, 11) is 0. The fraction of sp³-hybridized carbons (Fsp3) is 0.556. The quantitative estimate of drug-likeness (QED) is 0.410. The molecule has 1 aromatic heterocycles. The van der Waals surface area contributed by atoms with Crippen LogP contribution in [-0.2, 0) is 11.3 Å². The van der Waals surface area contributed by atoms with Crippen molar-refractivity contribution in [2.45, 2.75) is 45.2 Å². The summed E-state index contributed by atoms with van der Waals surface area (Å²) in [6.45, 7) is 8.95. The molecule has 1 aliphatic heterocycles. The van der Waals surface area contributed by atoms with Crippen LogP contribution in [0.2, 0.25) is 0 Å². The van der Waals surface area contributed by atoms with Gasteiger partial charge in [0.25, 0.3) is 0 Å². The third-order valence-corrected chi connectivity index (χ3v) is 5.04. The van der Waals surface area contributed by atoms with E-state index in [0.717, 1.165) is 38.3 Å². The van der Waals surface area contributed by atoms with E-state index in [1.165, 1.54) is 4.88 Å². The molecule has 2 N–H and O–H groups in total. The Balaban J connectivity index is 1.83. The molecular formula is C18H28N4OS. The van der Waals surface area contributed by atoms with E-state index >= 15 is 0 Å². The molecule has 1 aliphatic rings. The Hall–Kier alpha value is -1.82. The van der Waals surface area contributed by atoms with E-state index in [-0.39, 0.29) is 0 Å². The molecule has 132 valence electrons. The first-order valence-electron chi connectivity index (χ1n) is 8.69. The Bertz CT molecular complexity index is 541. The second-order valence-electron chi connectivity index (χ2n) is 5.88. The van der Waals surface area contributed by atoms with Gasteiger partial charge in [0, 0.05) is 37.0 Å². The molecule has 1 saturated heterocycles. The molecule has 1 amide bonds. The lowest BCUT2D eigenvalue weighted by Crippen LogP contribution is -2.42. The SMILES string of the molecule is C=CCNC(=NCc1cccs1)NCC[C@@H](CC)N1CCCC1=O. The van der Waals surface area contributed by atoms with Crippen molar-refractivity contribution in [3.8, 4) is 0 Å². The third-order valence-electron chi connectivity index (χ3n) is 4.18. The molecule has 0 radical (unpaired) electrons. The standard InChI is InChI=1S/C18H28N4OS/c1-3-10-19-18(21-14-16-7-6-13-24-16)20-11-9-15(4-2)22-12-5-8-17(22)23/h3,6-7,13,15H,1,4-5,8-12,14H2,2H3,(H2,19,20,21)/t15-/m1/s1. The van der Waals surface area contributed by atoms with Crippen molar-refractivity contribution in [2.24, 2.45) is 4.99 Å². The Labute approximate surface area is 148 Å². The summed E-state index contributed by atoms with van der Waals surface area (Å²) in [5, 5.41) is 8.69. The van der Waals surface area contributed by atoms with E-state index < -0.39 is 0 Å². The van der Waals surface area contributed by atoms with E-state index in [0.29, 0.717) is 31.5 Å². The van der Waals surface area contributed by atoms with Gasteiger partial charge in [0.2, 0.25) is 5.91 Å². The first kappa shape index (κ1) is 18.5. The number of likely N-dealkylation sites (tertiary alicyclic amines) is 1. The Kier molecular flexibility index (Phi) is 7.82. The van der Waals surface area contributed by atoms with Crippen LogP contribution in [0.15, 0.2) is 35.2 Å². The molecule has 1 atom stereocenters. The molecule has 1 aromatic rings. The highest BCUT2D eigenvalue weighted by atomic mass is 32.1. The zero-order valence-corrected chi connectivity index (χ0v) is 15.3. The minimum absolute atomic E-state index is 0.304. The highest BCUT2D eigenvalue weighted by Gasteiger charge is 2.26. The number of aliphatic imine (C=N–C) groups is 1. The number of guanidine groups is 1. The summed E-state index contributed by atoms with van der Waals surface area (Å²) in [6.07, 6.45) is 5.46. The van der Waals surface area contributed by atoms with Gasteiger partial charge in [-0.25, -0.2) is 4.99 Å². The number of nitrogens with zero attached hydrogens (tertiary/aromatic N) is 2. The van der Waals surface area contributed by atoms with Gasteiger partial charge >= 0.3 is 0 Å². The van der Waals surface area contributed by atoms with Crippen LogP contribution in [-0.4, -0.2) is 42.4 Å². The lowest BCUT2D eigenvalue weighted by molar-refractivity contribution is -0.129. The highest BCUT2D eigenvalue weighted by Crippen LogP contribution is 2.17. The molecule has 0 aliphatic carbocycles. The number of carbonyl (C=O) groups is 1. The number of nitrogens with one attached hydrogen (secondary N) is 2. The Morgan fingerprint density at radius 2 is 2.42 bits per heavy atom. The summed E-state index contributed by atoms with van der Waals surface area (Å²) in [5.74, 6) is 1.10. The van der Waals surface area contributed by atoms with Crippen molar-refractivity contribution in [1.29, 1.82) is 0 Å². The van der Waals surface area contributed by atoms with Gasteiger partial charge < -0.3 is 15.5 Å². The molecule has 5 nitrogen and oxygen atoms in total. The number of amides is 1. The molecule has 1 fully saturated rings. The lowest BCUT2D eigenvalue weighted by atomic mass is 10.1. The van der Waals surface area contributed by atoms with E-state index in [2.05, 4.69) is 40.6 Å². The van der Waals surface area contributed by atoms with Crippen molar-refractivity contribution in [3.05, 3.63) is 35.0 Å². The molecule has 2 rings (SSSR count). The van der Waals surface area contributed by atoms with Gasteiger partial charge in [0.1, 0.15) is 0 Å². The Morgan fingerprint density at radius 3 is 3.04 bits per heavy atom. The fourth-order valence-electron chi connectivity index (χ4n) is 2.90. The number of carbonyl (C=O) groups excluding carboxylic acids is 1. The van der Waals surface area contributed by atoms with Crippen LogP contribution < -0.4 is 10.6 Å². The zero-order valence-electron chi connectivity index (χ0n) is 14.5. The van der Waals surface area contributed by atoms with Gasteiger partial charge in [-0.1, -0.05) is 19.1 Å². The number of hydrogen-bond acceptors (Lipinski definition) is 3. The summed E-state index contributed by atoms with van der Waals surface area (Å²) >= 11 is 1.71. The monoisotopic (exact) mass is 348 g/mol. The summed E-state index contributed by atoms with van der Waals surface area (Å²) in [6, 6.07) is 4.45. The van der Waals surface area contributed by atoms with Gasteiger partial charge in [-0.15, -0.1) is 17.9 Å². The average molecular weight is 349 g/mol. The minimum Gasteiger partial charge on any atom is -0.356 e. The smallest absolute Gasteiger partial charge is 0.222 e. The number of rotatable bonds is 9. The van der Waals surface area contributed by atoms with Gasteiger partial charge in [0.15, 0.2) is 5.96 Å². The molecule has 0 unspecified atom stereocenters. The Morgan fingerprint density at radius 1 is 1.54 bits per heavy atom. The molecule has 0 saturated carbocycles. The minimum atomic E-state index is 0.304. The first-order chi connectivity index (χ1) is 11.7. The highest BCUT2D eigenvalue weighted by molar-refractivity contribution is 7.09. The topological polar surface area (TPSA) is 56.7 Å². The predicted molar refractivity (Wildman–Crippen MR) is 101 cm³/mol. The van der Waals surface area contributed by atoms with Crippen LogP contribution in [0.1, 0.15) is 37.5 Å². The zero-order chi connectivity index (χ0) is 17.2. The van der Waals surface area contributed by atoms with Crippen molar-refractivity contribution >= 4 is 23.2 Å². The van der Waals surface area contributed by atoms with Crippen LogP contribution in [0.4, 0.5) is 0 Å². The molecular weight excluding hydrogens is 320 g/mol. The summed E-state index contributed by atoms with van der Waals surface area (Å²) in [5.41, 5.74) is 0. The van der Waals surface area contributed by atoms with Crippen LogP contribution in [0, 0.1) is 0 Å². The maximum Gasteiger partial charge on any atom is 0.222 e. The normalized spacial score (nSPS) is 16.3. The van der Waals surface area contributed by atoms with Gasteiger partial charge in [-0.05, 0) is 30.7 Å². The van der Waals surface area contributed by atoms with Crippen molar-refractivity contribution in [1.82, 2.24) is 15.5 Å². The molecule has 6 heteroatoms. The molecule has 0 spiro atoms. The average Bonchev–Trinajstić information content (AvgIpc) is 3.25. The maximum atomic E-state index is 11.9. The van der Waals surface area contributed by atoms with E-state index in [4.69, 9.17) is 0 Å². The number of thiophene rings is 1. The molecule has 2 heterocycles. The van der Waals surface area contributed by atoms with Gasteiger partial charge in [-0.2, -0.15) is 0 Å². The molecule has 24 heavy (non-hydrogen) atoms. The van der Waals surface area contributed by atoms with Crippen molar-refractivity contribution in [2.75, 3.05) is 19.6 Å². The predicted octanol–water partition coefficient (Wildman–Crippen LogP) is 2.76. The first-order valence-corrected chi connectivity index (χ1v) is 9.57.